The number of nitrogens with one attached hydrogen (secondary N) is 1. The maximum atomic E-state index is 12.0. The third-order valence-electron chi connectivity index (χ3n) is 2.96. The monoisotopic (exact) mass is 220 g/mol. The van der Waals surface area contributed by atoms with E-state index in [0.29, 0.717) is 11.3 Å². The molecule has 1 amide bonds. The predicted molar refractivity (Wildman–Crippen MR) is 60.6 cm³/mol. The second-order valence-corrected chi connectivity index (χ2v) is 4.21. The first-order valence-electron chi connectivity index (χ1n) is 5.67. The van der Waals surface area contributed by atoms with Crippen molar-refractivity contribution < 1.29 is 9.59 Å². The fourth-order valence-corrected chi connectivity index (χ4v) is 1.99. The normalized spacial score (nSPS) is 16.2. The van der Waals surface area contributed by atoms with Gasteiger partial charge in [-0.2, -0.15) is 0 Å². The molecule has 0 atom stereocenters. The molecule has 0 bridgehead atoms. The average Bonchev–Trinajstić information content (AvgIpc) is 2.78. The highest BCUT2D eigenvalue weighted by molar-refractivity contribution is 5.99. The molecule has 4 heteroatoms. The van der Waals surface area contributed by atoms with E-state index in [1.54, 1.807) is 12.3 Å². The van der Waals surface area contributed by atoms with Crippen molar-refractivity contribution in [3.05, 3.63) is 23.5 Å². The van der Waals surface area contributed by atoms with Crippen molar-refractivity contribution in [3.63, 3.8) is 0 Å². The SMILES string of the molecule is CC(=O)c1c[nH]c(C(=O)N2CCCCC2)c1. The second kappa shape index (κ2) is 4.51. The Morgan fingerprint density at radius 2 is 1.94 bits per heavy atom. The van der Waals surface area contributed by atoms with Crippen LogP contribution in [-0.2, 0) is 0 Å². The zero-order valence-electron chi connectivity index (χ0n) is 9.45. The molecule has 1 aromatic heterocycles. The van der Waals surface area contributed by atoms with Crippen LogP contribution in [0.1, 0.15) is 47.0 Å². The van der Waals surface area contributed by atoms with Gasteiger partial charge in [0.05, 0.1) is 0 Å². The van der Waals surface area contributed by atoms with E-state index in [0.717, 1.165) is 25.9 Å². The first-order chi connectivity index (χ1) is 7.68. The summed E-state index contributed by atoms with van der Waals surface area (Å²) >= 11 is 0. The van der Waals surface area contributed by atoms with Crippen molar-refractivity contribution >= 4 is 11.7 Å². The van der Waals surface area contributed by atoms with E-state index < -0.39 is 0 Å². The van der Waals surface area contributed by atoms with Gasteiger partial charge in [0.2, 0.25) is 0 Å². The Balaban J connectivity index is 2.10. The van der Waals surface area contributed by atoms with Crippen LogP contribution < -0.4 is 0 Å². The van der Waals surface area contributed by atoms with Gasteiger partial charge in [0.25, 0.3) is 5.91 Å². The van der Waals surface area contributed by atoms with E-state index in [9.17, 15) is 9.59 Å². The summed E-state index contributed by atoms with van der Waals surface area (Å²) in [7, 11) is 0. The molecular formula is C12H16N2O2. The molecule has 2 heterocycles. The van der Waals surface area contributed by atoms with Crippen molar-refractivity contribution in [3.8, 4) is 0 Å². The Hall–Kier alpha value is -1.58. The maximum Gasteiger partial charge on any atom is 0.270 e. The van der Waals surface area contributed by atoms with Gasteiger partial charge in [0.15, 0.2) is 5.78 Å². The second-order valence-electron chi connectivity index (χ2n) is 4.21. The number of hydrogen-bond donors (Lipinski definition) is 1. The lowest BCUT2D eigenvalue weighted by atomic mass is 10.1. The quantitative estimate of drug-likeness (QED) is 0.773. The lowest BCUT2D eigenvalue weighted by Gasteiger charge is -2.26. The Morgan fingerprint density at radius 1 is 1.25 bits per heavy atom. The molecule has 0 radical (unpaired) electrons. The van der Waals surface area contributed by atoms with Crippen molar-refractivity contribution in [1.82, 2.24) is 9.88 Å². The van der Waals surface area contributed by atoms with Crippen LogP contribution in [0, 0.1) is 0 Å². The minimum atomic E-state index is -0.0195. The van der Waals surface area contributed by atoms with Crippen molar-refractivity contribution in [1.29, 1.82) is 0 Å². The molecule has 1 aromatic rings. The maximum absolute atomic E-state index is 12.0. The number of aromatic amines is 1. The van der Waals surface area contributed by atoms with E-state index in [-0.39, 0.29) is 11.7 Å². The summed E-state index contributed by atoms with van der Waals surface area (Å²) < 4.78 is 0. The summed E-state index contributed by atoms with van der Waals surface area (Å²) in [5.41, 5.74) is 1.09. The van der Waals surface area contributed by atoms with Gasteiger partial charge in [-0.25, -0.2) is 0 Å². The van der Waals surface area contributed by atoms with E-state index >= 15 is 0 Å². The van der Waals surface area contributed by atoms with Crippen molar-refractivity contribution in [2.45, 2.75) is 26.2 Å². The molecule has 0 aromatic carbocycles. The Bertz CT molecular complexity index is 403. The standard InChI is InChI=1S/C12H16N2O2/c1-9(15)10-7-11(13-8-10)12(16)14-5-3-2-4-6-14/h7-8,13H,2-6H2,1H3. The smallest absolute Gasteiger partial charge is 0.270 e. The Kier molecular flexibility index (Phi) is 3.08. The zero-order valence-corrected chi connectivity index (χ0v) is 9.45. The van der Waals surface area contributed by atoms with E-state index in [1.807, 2.05) is 4.90 Å². The molecule has 1 aliphatic rings. The van der Waals surface area contributed by atoms with Crippen LogP contribution in [-0.4, -0.2) is 34.7 Å². The minimum absolute atomic E-state index is 0.00667. The fourth-order valence-electron chi connectivity index (χ4n) is 1.99. The first kappa shape index (κ1) is 10.9. The summed E-state index contributed by atoms with van der Waals surface area (Å²) in [6.45, 7) is 3.15. The number of aromatic nitrogens is 1. The van der Waals surface area contributed by atoms with Crippen molar-refractivity contribution in [2.75, 3.05) is 13.1 Å². The summed E-state index contributed by atoms with van der Waals surface area (Å²) in [6, 6.07) is 1.64. The molecule has 0 unspecified atom stereocenters. The first-order valence-corrected chi connectivity index (χ1v) is 5.67. The van der Waals surface area contributed by atoms with Gasteiger partial charge in [0.1, 0.15) is 5.69 Å². The molecule has 0 spiro atoms. The van der Waals surface area contributed by atoms with Crippen LogP contribution in [0.15, 0.2) is 12.3 Å². The molecule has 0 saturated carbocycles. The molecule has 4 nitrogen and oxygen atoms in total. The minimum Gasteiger partial charge on any atom is -0.356 e. The Morgan fingerprint density at radius 3 is 2.50 bits per heavy atom. The number of hydrogen-bond acceptors (Lipinski definition) is 2. The van der Waals surface area contributed by atoms with E-state index in [2.05, 4.69) is 4.98 Å². The molecule has 86 valence electrons. The molecular weight excluding hydrogens is 204 g/mol. The van der Waals surface area contributed by atoms with Gasteiger partial charge in [-0.15, -0.1) is 0 Å². The largest absolute Gasteiger partial charge is 0.356 e. The van der Waals surface area contributed by atoms with Crippen LogP contribution in [0.2, 0.25) is 0 Å². The van der Waals surface area contributed by atoms with E-state index in [1.165, 1.54) is 13.3 Å². The van der Waals surface area contributed by atoms with Gasteiger partial charge >= 0.3 is 0 Å². The number of H-pyrrole nitrogens is 1. The lowest BCUT2D eigenvalue weighted by Crippen LogP contribution is -2.35. The number of rotatable bonds is 2. The number of nitrogens with zero attached hydrogens (tertiary/aromatic N) is 1. The third-order valence-corrected chi connectivity index (χ3v) is 2.96. The number of piperidine rings is 1. The molecule has 1 N–H and O–H groups in total. The number of amides is 1. The Labute approximate surface area is 94.6 Å². The number of carbonyl (C=O) groups is 2. The highest BCUT2D eigenvalue weighted by atomic mass is 16.2. The molecule has 1 aliphatic heterocycles. The van der Waals surface area contributed by atoms with Gasteiger partial charge in [0, 0.05) is 24.8 Å². The highest BCUT2D eigenvalue weighted by Crippen LogP contribution is 2.13. The highest BCUT2D eigenvalue weighted by Gasteiger charge is 2.19. The topological polar surface area (TPSA) is 53.2 Å². The van der Waals surface area contributed by atoms with Gasteiger partial charge in [-0.1, -0.05) is 0 Å². The summed E-state index contributed by atoms with van der Waals surface area (Å²) in [4.78, 5) is 27.9. The van der Waals surface area contributed by atoms with Crippen LogP contribution in [0.25, 0.3) is 0 Å². The number of carbonyl (C=O) groups excluding carboxylic acids is 2. The summed E-state index contributed by atoms with van der Waals surface area (Å²) in [5, 5.41) is 0. The number of ketones is 1. The van der Waals surface area contributed by atoms with Crippen LogP contribution in [0.5, 0.6) is 0 Å². The molecule has 2 rings (SSSR count). The van der Waals surface area contributed by atoms with Crippen LogP contribution in [0.3, 0.4) is 0 Å². The van der Waals surface area contributed by atoms with Gasteiger partial charge in [-0.05, 0) is 32.3 Å². The van der Waals surface area contributed by atoms with Crippen molar-refractivity contribution in [2.24, 2.45) is 0 Å². The average molecular weight is 220 g/mol. The van der Waals surface area contributed by atoms with Crippen LogP contribution in [0.4, 0.5) is 0 Å². The van der Waals surface area contributed by atoms with Gasteiger partial charge in [-0.3, -0.25) is 9.59 Å². The summed E-state index contributed by atoms with van der Waals surface area (Å²) in [6.07, 6.45) is 4.95. The number of likely N-dealkylation sites (tertiary alicyclic amines) is 1. The van der Waals surface area contributed by atoms with Gasteiger partial charge < -0.3 is 9.88 Å². The third kappa shape index (κ3) is 2.15. The molecule has 16 heavy (non-hydrogen) atoms. The fraction of sp³-hybridized carbons (Fsp3) is 0.500. The number of Topliss-reactive ketones (excluding diaryl/α,β-unsaturated/α-hetero) is 1. The van der Waals surface area contributed by atoms with E-state index in [4.69, 9.17) is 0 Å². The summed E-state index contributed by atoms with van der Waals surface area (Å²) in [5.74, 6) is -0.0128. The van der Waals surface area contributed by atoms with Crippen LogP contribution >= 0.6 is 0 Å². The zero-order chi connectivity index (χ0) is 11.5. The predicted octanol–water partition coefficient (Wildman–Crippen LogP) is 1.84. The molecule has 0 aliphatic carbocycles. The lowest BCUT2D eigenvalue weighted by molar-refractivity contribution is 0.0719. The molecule has 1 fully saturated rings. The molecule has 1 saturated heterocycles.